The number of carbonyl (C=O) groups excluding carboxylic acids is 3. The van der Waals surface area contributed by atoms with Crippen LogP contribution in [0.2, 0.25) is 0 Å². The van der Waals surface area contributed by atoms with Gasteiger partial charge < -0.3 is 29.1 Å². The Hall–Kier alpha value is -5.54. The molecule has 58 heavy (non-hydrogen) atoms. The normalized spacial score (nSPS) is 18.6. The molecule has 2 saturated heterocycles. The highest BCUT2D eigenvalue weighted by Gasteiger charge is 2.49. The number of likely N-dealkylation sites (tertiary alicyclic amines) is 2. The molecule has 0 radical (unpaired) electrons. The molecule has 4 rings (SSSR count). The number of ether oxygens (including phenoxy) is 3. The Labute approximate surface area is 337 Å². The summed E-state index contributed by atoms with van der Waals surface area (Å²) in [4.78, 5) is 50.3. The summed E-state index contributed by atoms with van der Waals surface area (Å²) in [6.07, 6.45) is -1.58. The zero-order valence-corrected chi connectivity index (χ0v) is 34.2. The molecule has 2 heterocycles. The summed E-state index contributed by atoms with van der Waals surface area (Å²) in [5.41, 5.74) is 0.327. The molecule has 316 valence electrons. The number of piperidine rings is 2. The van der Waals surface area contributed by atoms with Gasteiger partial charge in [-0.2, -0.15) is 0 Å². The topological polar surface area (TPSA) is 255 Å². The number of methoxy groups -OCH3 is 1. The first-order chi connectivity index (χ1) is 27.4. The Morgan fingerprint density at radius 3 is 1.53 bits per heavy atom. The first-order valence-electron chi connectivity index (χ1n) is 17.8. The second-order valence-corrected chi connectivity index (χ2v) is 17.5. The van der Waals surface area contributed by atoms with Gasteiger partial charge in [0.1, 0.15) is 24.7 Å². The second-order valence-electron chi connectivity index (χ2n) is 13.6. The Kier molecular flexibility index (Phi) is 16.8. The van der Waals surface area contributed by atoms with E-state index in [1.54, 1.807) is 31.7 Å². The number of carboxylic acid groups (broad SMARTS) is 1. The lowest BCUT2D eigenvalue weighted by Gasteiger charge is -2.42. The lowest BCUT2D eigenvalue weighted by atomic mass is 9.76. The van der Waals surface area contributed by atoms with Gasteiger partial charge in [0.15, 0.2) is 19.7 Å². The van der Waals surface area contributed by atoms with Gasteiger partial charge in [-0.3, -0.25) is 20.0 Å². The van der Waals surface area contributed by atoms with E-state index in [0.29, 0.717) is 11.5 Å². The molecular formula is C38H48N4O14S2. The molecule has 0 saturated carbocycles. The summed E-state index contributed by atoms with van der Waals surface area (Å²) < 4.78 is 67.2. The minimum absolute atomic E-state index is 0.00450. The van der Waals surface area contributed by atoms with Crippen molar-refractivity contribution in [2.45, 2.75) is 62.3 Å². The Balaban J connectivity index is 0.000000310. The third-order valence-electron chi connectivity index (χ3n) is 9.89. The Morgan fingerprint density at radius 2 is 1.16 bits per heavy atom. The molecule has 2 aliphatic rings. The van der Waals surface area contributed by atoms with E-state index < -0.39 is 72.1 Å². The van der Waals surface area contributed by atoms with Crippen LogP contribution in [0, 0.1) is 34.5 Å². The van der Waals surface area contributed by atoms with Crippen LogP contribution in [-0.2, 0) is 34.0 Å². The highest BCUT2D eigenvalue weighted by molar-refractivity contribution is 7.91. The fourth-order valence-electron chi connectivity index (χ4n) is 6.70. The molecule has 2 aromatic rings. The summed E-state index contributed by atoms with van der Waals surface area (Å²) in [7, 11) is -6.50. The predicted molar refractivity (Wildman–Crippen MR) is 206 cm³/mol. The van der Waals surface area contributed by atoms with Crippen LogP contribution in [0.4, 0.5) is 9.59 Å². The smallest absolute Gasteiger partial charge is 0.409 e. The third kappa shape index (κ3) is 12.0. The Morgan fingerprint density at radius 1 is 0.741 bits per heavy atom. The first kappa shape index (κ1) is 46.8. The van der Waals surface area contributed by atoms with Crippen molar-refractivity contribution in [2.24, 2.45) is 10.8 Å². The van der Waals surface area contributed by atoms with E-state index in [2.05, 4.69) is 28.4 Å². The minimum Gasteiger partial charge on any atom is -0.481 e. The van der Waals surface area contributed by atoms with Crippen LogP contribution in [0.5, 0.6) is 11.5 Å². The van der Waals surface area contributed by atoms with Gasteiger partial charge in [0, 0.05) is 25.7 Å². The van der Waals surface area contributed by atoms with Crippen LogP contribution in [-0.4, -0.2) is 124 Å². The van der Waals surface area contributed by atoms with Crippen molar-refractivity contribution < 1.29 is 65.7 Å². The highest BCUT2D eigenvalue weighted by Crippen LogP contribution is 2.39. The van der Waals surface area contributed by atoms with Crippen molar-refractivity contribution in [3.63, 3.8) is 0 Å². The number of amides is 4. The van der Waals surface area contributed by atoms with Crippen LogP contribution in [0.25, 0.3) is 0 Å². The van der Waals surface area contributed by atoms with E-state index >= 15 is 0 Å². The molecule has 4 amide bonds. The number of hydrogen-bond donors (Lipinski definition) is 5. The molecule has 2 unspecified atom stereocenters. The van der Waals surface area contributed by atoms with Gasteiger partial charge >= 0.3 is 12.2 Å². The first-order valence-corrected chi connectivity index (χ1v) is 21.2. The molecule has 0 bridgehead atoms. The number of rotatable bonds is 12. The maximum atomic E-state index is 13.0. The quantitative estimate of drug-likeness (QED) is 0.117. The SMILES string of the molecule is CC#CCOc1ccc(S(=O)(=O)CC2(C(=O)NO)CCN(C(=O)O)C(C)C2)cc1.CC#CCOc1ccc(S(=O)(=O)CC2(C(=O)NO)CCN(C(=O)OC)CC2)cc1. The largest absolute Gasteiger partial charge is 0.481 e. The standard InChI is InChI=1S/2C19H24N2O7S/c1-3-4-13-28-15-5-7-16(8-6-15)29(25,26)14-19(17(22)20-24)9-11-21(12-10-19)18(23)27-2;1-3-4-11-28-15-5-7-16(8-6-15)29(26,27)13-19(17(22)20-25)9-10-21(18(23)24)14(2)12-19/h5-8,24H,9-14H2,1-2H3,(H,20,22);5-8,14,25H,9-13H2,1-2H3,(H,20,22)(H,23,24). The molecule has 0 aromatic heterocycles. The summed E-state index contributed by atoms with van der Waals surface area (Å²) in [6.45, 7) is 5.61. The fourth-order valence-corrected chi connectivity index (χ4v) is 10.4. The average molecular weight is 849 g/mol. The Bertz CT molecular complexity index is 2120. The number of hydrogen-bond acceptors (Lipinski definition) is 13. The lowest BCUT2D eigenvalue weighted by molar-refractivity contribution is -0.142. The van der Waals surface area contributed by atoms with Gasteiger partial charge in [0.25, 0.3) is 11.8 Å². The molecule has 20 heteroatoms. The summed E-state index contributed by atoms with van der Waals surface area (Å²) in [6, 6.07) is 11.0. The maximum Gasteiger partial charge on any atom is 0.409 e. The van der Waals surface area contributed by atoms with E-state index in [9.17, 15) is 41.1 Å². The van der Waals surface area contributed by atoms with Gasteiger partial charge in [-0.1, -0.05) is 11.8 Å². The highest BCUT2D eigenvalue weighted by atomic mass is 32.2. The van der Waals surface area contributed by atoms with Gasteiger partial charge in [0.05, 0.1) is 39.2 Å². The number of sulfone groups is 2. The number of benzene rings is 2. The molecule has 2 aliphatic heterocycles. The van der Waals surface area contributed by atoms with Crippen LogP contribution >= 0.6 is 0 Å². The van der Waals surface area contributed by atoms with Crippen LogP contribution in [0.1, 0.15) is 46.5 Å². The fraction of sp³-hybridized carbons (Fsp3) is 0.474. The van der Waals surface area contributed by atoms with Crippen LogP contribution in [0.3, 0.4) is 0 Å². The average Bonchev–Trinajstić information content (AvgIpc) is 3.20. The number of hydroxylamine groups is 2. The third-order valence-corrected chi connectivity index (χ3v) is 13.7. The van der Waals surface area contributed by atoms with Gasteiger partial charge in [-0.25, -0.2) is 37.4 Å². The molecule has 0 spiro atoms. The maximum absolute atomic E-state index is 13.0. The van der Waals surface area contributed by atoms with E-state index in [0.717, 1.165) is 4.90 Å². The predicted octanol–water partition coefficient (Wildman–Crippen LogP) is 2.73. The molecular weight excluding hydrogens is 801 g/mol. The van der Waals surface area contributed by atoms with E-state index in [4.69, 9.17) is 19.9 Å². The molecule has 2 atom stereocenters. The van der Waals surface area contributed by atoms with Gasteiger partial charge in [-0.05, 0) is 95.0 Å². The van der Waals surface area contributed by atoms with Crippen molar-refractivity contribution >= 4 is 43.7 Å². The van der Waals surface area contributed by atoms with Gasteiger partial charge in [0.2, 0.25) is 0 Å². The summed E-state index contributed by atoms with van der Waals surface area (Å²) in [5, 5.41) is 27.5. The van der Waals surface area contributed by atoms with Crippen molar-refractivity contribution in [1.82, 2.24) is 20.8 Å². The zero-order chi connectivity index (χ0) is 43.1. The molecule has 5 N–H and O–H groups in total. The molecule has 2 fully saturated rings. The minimum atomic E-state index is -3.90. The molecule has 0 aliphatic carbocycles. The number of nitrogens with one attached hydrogen (secondary N) is 2. The van der Waals surface area contributed by atoms with Crippen molar-refractivity contribution in [1.29, 1.82) is 0 Å². The van der Waals surface area contributed by atoms with E-state index in [1.807, 2.05) is 0 Å². The van der Waals surface area contributed by atoms with Crippen molar-refractivity contribution in [3.8, 4) is 35.2 Å². The second kappa shape index (κ2) is 20.8. The van der Waals surface area contributed by atoms with E-state index in [-0.39, 0.29) is 68.3 Å². The monoisotopic (exact) mass is 848 g/mol. The summed E-state index contributed by atoms with van der Waals surface area (Å²) in [5.74, 6) is 9.10. The van der Waals surface area contributed by atoms with E-state index in [1.165, 1.54) is 60.5 Å². The number of nitrogens with zero attached hydrogens (tertiary/aromatic N) is 2. The van der Waals surface area contributed by atoms with Gasteiger partial charge in [-0.15, -0.1) is 11.8 Å². The van der Waals surface area contributed by atoms with Crippen LogP contribution < -0.4 is 20.4 Å². The molecule has 2 aromatic carbocycles. The van der Waals surface area contributed by atoms with Crippen LogP contribution in [0.15, 0.2) is 58.3 Å². The zero-order valence-electron chi connectivity index (χ0n) is 32.5. The lowest BCUT2D eigenvalue weighted by Crippen LogP contribution is -2.55. The summed E-state index contributed by atoms with van der Waals surface area (Å²) >= 11 is 0. The number of carbonyl (C=O) groups is 4. The van der Waals surface area contributed by atoms with Crippen molar-refractivity contribution in [3.05, 3.63) is 48.5 Å². The van der Waals surface area contributed by atoms with Crippen molar-refractivity contribution in [2.75, 3.05) is 51.5 Å². The molecule has 18 nitrogen and oxygen atoms in total.